The molecule has 3 aromatic carbocycles. The maximum absolute atomic E-state index is 13.4. The Morgan fingerprint density at radius 3 is 2.20 bits per heavy atom. The van der Waals surface area contributed by atoms with E-state index in [0.717, 1.165) is 23.2 Å². The van der Waals surface area contributed by atoms with Gasteiger partial charge in [-0.15, -0.1) is 0 Å². The van der Waals surface area contributed by atoms with Crippen LogP contribution in [0.2, 0.25) is 0 Å². The lowest BCUT2D eigenvalue weighted by Crippen LogP contribution is -2.69. The smallest absolute Gasteiger partial charge is 0.322 e. The van der Waals surface area contributed by atoms with Crippen molar-refractivity contribution >= 4 is 11.7 Å². The second-order valence-electron chi connectivity index (χ2n) is 10.8. The molecule has 0 bridgehead atoms. The van der Waals surface area contributed by atoms with Gasteiger partial charge in [-0.25, -0.2) is 4.79 Å². The Kier molecular flexibility index (Phi) is 8.48. The lowest BCUT2D eigenvalue weighted by atomic mass is 9.73. The van der Waals surface area contributed by atoms with Gasteiger partial charge in [0.15, 0.2) is 5.76 Å². The quantitative estimate of drug-likeness (QED) is 0.399. The first-order valence-corrected chi connectivity index (χ1v) is 13.7. The van der Waals surface area contributed by atoms with Crippen molar-refractivity contribution in [3.63, 3.8) is 0 Å². The summed E-state index contributed by atoms with van der Waals surface area (Å²) in [6, 6.07) is 25.0. The molecule has 8 nitrogen and oxygen atoms in total. The first-order valence-electron chi connectivity index (χ1n) is 13.7. The number of amides is 2. The van der Waals surface area contributed by atoms with Gasteiger partial charge in [0, 0.05) is 47.9 Å². The Hall–Kier alpha value is -4.45. The standard InChI is InChI=1S/C33H36N4O4/c1-35(2)19-28-32(25-13-11-24(12-14-25)10-9-23-7-5-4-6-8-23)29-20-36(21-30(38)31(39)22-37(28)29)33(40)34-26-15-17-27(41-3)18-16-26/h4-8,11-18,28-29,32,38-39H,19-22H2,1-3H3,(H,34,40)/b31-30-/t28-,29+,32+/m1/s1. The predicted molar refractivity (Wildman–Crippen MR) is 160 cm³/mol. The molecule has 0 unspecified atom stereocenters. The molecule has 0 spiro atoms. The van der Waals surface area contributed by atoms with Crippen LogP contribution < -0.4 is 10.1 Å². The summed E-state index contributed by atoms with van der Waals surface area (Å²) in [5.74, 6) is 6.96. The van der Waals surface area contributed by atoms with Crippen LogP contribution in [0.4, 0.5) is 10.5 Å². The molecule has 3 N–H and O–H groups in total. The first-order chi connectivity index (χ1) is 19.8. The van der Waals surface area contributed by atoms with Crippen molar-refractivity contribution in [3.05, 3.63) is 107 Å². The van der Waals surface area contributed by atoms with Crippen LogP contribution in [-0.4, -0.2) is 90.4 Å². The highest BCUT2D eigenvalue weighted by Gasteiger charge is 2.51. The molecule has 212 valence electrons. The third-order valence-corrected chi connectivity index (χ3v) is 7.70. The van der Waals surface area contributed by atoms with Crippen LogP contribution in [0.1, 0.15) is 22.6 Å². The molecule has 0 aromatic heterocycles. The second-order valence-corrected chi connectivity index (χ2v) is 10.8. The molecule has 2 heterocycles. The van der Waals surface area contributed by atoms with Gasteiger partial charge in [0.2, 0.25) is 0 Å². The van der Waals surface area contributed by atoms with Gasteiger partial charge in [-0.3, -0.25) is 4.90 Å². The van der Waals surface area contributed by atoms with Crippen LogP contribution >= 0.6 is 0 Å². The molecule has 1 fully saturated rings. The largest absolute Gasteiger partial charge is 0.507 e. The number of nitrogens with one attached hydrogen (secondary N) is 1. The van der Waals surface area contributed by atoms with Crippen LogP contribution in [0, 0.1) is 11.8 Å². The van der Waals surface area contributed by atoms with Crippen molar-refractivity contribution in [2.75, 3.05) is 52.7 Å². The van der Waals surface area contributed by atoms with Crippen LogP contribution in [0.3, 0.4) is 0 Å². The summed E-state index contributed by atoms with van der Waals surface area (Å²) in [6.07, 6.45) is 0. The number of hydrogen-bond acceptors (Lipinski definition) is 6. The van der Waals surface area contributed by atoms with Gasteiger partial charge in [-0.1, -0.05) is 42.2 Å². The molecule has 3 atom stereocenters. The fraction of sp³-hybridized carbons (Fsp3) is 0.303. The van der Waals surface area contributed by atoms with E-state index in [1.807, 2.05) is 56.6 Å². The van der Waals surface area contributed by atoms with Crippen molar-refractivity contribution < 1.29 is 19.7 Å². The average molecular weight is 553 g/mol. The van der Waals surface area contributed by atoms with E-state index in [0.29, 0.717) is 18.0 Å². The van der Waals surface area contributed by atoms with Crippen LogP contribution in [-0.2, 0) is 0 Å². The topological polar surface area (TPSA) is 88.5 Å². The summed E-state index contributed by atoms with van der Waals surface area (Å²) in [5, 5.41) is 24.3. The zero-order valence-electron chi connectivity index (χ0n) is 23.6. The van der Waals surface area contributed by atoms with E-state index in [1.165, 1.54) is 0 Å². The molecule has 2 aliphatic heterocycles. The second kappa shape index (κ2) is 12.4. The molecule has 5 rings (SSSR count). The Morgan fingerprint density at radius 2 is 1.56 bits per heavy atom. The molecule has 41 heavy (non-hydrogen) atoms. The summed E-state index contributed by atoms with van der Waals surface area (Å²) < 4.78 is 5.21. The van der Waals surface area contributed by atoms with E-state index in [4.69, 9.17) is 4.74 Å². The number of fused-ring (bicyclic) bond motifs is 1. The molecule has 3 aromatic rings. The monoisotopic (exact) mass is 552 g/mol. The SMILES string of the molecule is COc1ccc(NC(=O)N2C/C(O)=C(/O)CN3[C@H](CN(C)C)[C@H](c4ccc(C#Cc5ccccc5)cc4)[C@@H]3C2)cc1. The molecular formula is C33H36N4O4. The summed E-state index contributed by atoms with van der Waals surface area (Å²) in [5.41, 5.74) is 3.68. The van der Waals surface area contributed by atoms with Crippen LogP contribution in [0.5, 0.6) is 5.75 Å². The van der Waals surface area contributed by atoms with E-state index in [1.54, 1.807) is 36.3 Å². The van der Waals surface area contributed by atoms with Gasteiger partial charge in [-0.2, -0.15) is 0 Å². The predicted octanol–water partition coefficient (Wildman–Crippen LogP) is 4.67. The maximum Gasteiger partial charge on any atom is 0.322 e. The number of ether oxygens (including phenoxy) is 1. The van der Waals surface area contributed by atoms with Crippen molar-refractivity contribution in [1.82, 2.24) is 14.7 Å². The number of benzene rings is 3. The van der Waals surface area contributed by atoms with Gasteiger partial charge in [0.1, 0.15) is 11.5 Å². The minimum Gasteiger partial charge on any atom is -0.507 e. The van der Waals surface area contributed by atoms with E-state index in [9.17, 15) is 15.0 Å². The molecule has 8 heteroatoms. The number of nitrogens with zero attached hydrogens (tertiary/aromatic N) is 3. The van der Waals surface area contributed by atoms with E-state index < -0.39 is 0 Å². The third kappa shape index (κ3) is 6.49. The summed E-state index contributed by atoms with van der Waals surface area (Å²) in [6.45, 7) is 1.32. The average Bonchev–Trinajstić information content (AvgIpc) is 2.98. The maximum atomic E-state index is 13.4. The zero-order valence-corrected chi connectivity index (χ0v) is 23.6. The highest BCUT2D eigenvalue weighted by molar-refractivity contribution is 5.89. The molecular weight excluding hydrogens is 516 g/mol. The van der Waals surface area contributed by atoms with E-state index in [-0.39, 0.29) is 48.6 Å². The van der Waals surface area contributed by atoms with Gasteiger partial charge in [0.25, 0.3) is 0 Å². The number of aliphatic hydroxyl groups excluding tert-OH is 2. The molecule has 0 saturated carbocycles. The Labute approximate surface area is 241 Å². The van der Waals surface area contributed by atoms with E-state index in [2.05, 4.69) is 39.1 Å². The van der Waals surface area contributed by atoms with Crippen molar-refractivity contribution in [1.29, 1.82) is 0 Å². The summed E-state index contributed by atoms with van der Waals surface area (Å²) >= 11 is 0. The number of urea groups is 1. The zero-order chi connectivity index (χ0) is 28.9. The third-order valence-electron chi connectivity index (χ3n) is 7.70. The highest BCUT2D eigenvalue weighted by Crippen LogP contribution is 2.42. The molecule has 0 aliphatic carbocycles. The minimum absolute atomic E-state index is 0.0435. The highest BCUT2D eigenvalue weighted by atomic mass is 16.5. The van der Waals surface area contributed by atoms with Crippen LogP contribution in [0.25, 0.3) is 0 Å². The number of rotatable bonds is 5. The number of aliphatic hydroxyl groups is 2. The van der Waals surface area contributed by atoms with E-state index >= 15 is 0 Å². The minimum atomic E-state index is -0.349. The molecule has 2 amide bonds. The fourth-order valence-corrected chi connectivity index (χ4v) is 5.62. The van der Waals surface area contributed by atoms with Gasteiger partial charge in [-0.05, 0) is 68.2 Å². The molecule has 1 saturated heterocycles. The lowest BCUT2D eigenvalue weighted by Gasteiger charge is -2.57. The number of anilines is 1. The van der Waals surface area contributed by atoms with Gasteiger partial charge >= 0.3 is 6.03 Å². The Morgan fingerprint density at radius 1 is 0.927 bits per heavy atom. The number of carbonyl (C=O) groups excluding carboxylic acids is 1. The van der Waals surface area contributed by atoms with Crippen molar-refractivity contribution in [2.24, 2.45) is 0 Å². The lowest BCUT2D eigenvalue weighted by molar-refractivity contribution is -0.0418. The summed E-state index contributed by atoms with van der Waals surface area (Å²) in [7, 11) is 5.64. The molecule has 2 aliphatic rings. The first kappa shape index (κ1) is 28.1. The molecule has 0 radical (unpaired) electrons. The van der Waals surface area contributed by atoms with Crippen LogP contribution in [0.15, 0.2) is 90.4 Å². The number of likely N-dealkylation sites (N-methyl/N-ethyl adjacent to an activating group) is 1. The summed E-state index contributed by atoms with van der Waals surface area (Å²) in [4.78, 5) is 19.3. The normalized spacial score (nSPS) is 22.4. The van der Waals surface area contributed by atoms with Gasteiger partial charge in [0.05, 0.1) is 20.2 Å². The van der Waals surface area contributed by atoms with Gasteiger partial charge < -0.3 is 30.1 Å². The number of hydrogen-bond donors (Lipinski definition) is 3. The van der Waals surface area contributed by atoms with Crippen molar-refractivity contribution in [3.8, 4) is 17.6 Å². The fourth-order valence-electron chi connectivity index (χ4n) is 5.62. The Bertz CT molecular complexity index is 1440. The number of methoxy groups -OCH3 is 1. The number of carbonyl (C=O) groups is 1. The van der Waals surface area contributed by atoms with Crippen molar-refractivity contribution in [2.45, 2.75) is 18.0 Å². The Balaban J connectivity index is 1.39.